The normalized spacial score (nSPS) is 9.27. The fourth-order valence-corrected chi connectivity index (χ4v) is 1.52. The van der Waals surface area contributed by atoms with Crippen molar-refractivity contribution in [1.82, 2.24) is 9.97 Å². The molecule has 0 aromatic carbocycles. The Hall–Kier alpha value is -0.0575. The van der Waals surface area contributed by atoms with Crippen molar-refractivity contribution in [3.8, 4) is 0 Å². The maximum Gasteiger partial charge on any atom is 0.285 e. The van der Waals surface area contributed by atoms with Crippen LogP contribution in [0, 0.1) is 0 Å². The molecule has 0 aliphatic rings. The number of nitrogen functional groups attached to an aromatic ring is 1. The van der Waals surface area contributed by atoms with Gasteiger partial charge in [-0.05, 0) is 4.56 Å². The van der Waals surface area contributed by atoms with Gasteiger partial charge in [0.2, 0.25) is 0 Å². The van der Waals surface area contributed by atoms with Gasteiger partial charge in [0.15, 0.2) is 5.82 Å². The lowest BCUT2D eigenvalue weighted by atomic mass is 10.6. The number of hydrogen-bond acceptors (Lipinski definition) is 4. The Balaban J connectivity index is 2.99. The van der Waals surface area contributed by atoms with Crippen LogP contribution in [0.15, 0.2) is 6.20 Å². The Morgan fingerprint density at radius 1 is 1.73 bits per heavy atom. The predicted molar refractivity (Wildman–Crippen MR) is 55.3 cm³/mol. The second-order valence-electron chi connectivity index (χ2n) is 1.91. The highest BCUT2D eigenvalue weighted by atomic mass is 127. The van der Waals surface area contributed by atoms with Gasteiger partial charge in [0, 0.05) is 0 Å². The lowest BCUT2D eigenvalue weighted by molar-refractivity contribution is 1.26. The van der Waals surface area contributed by atoms with E-state index in [1.165, 1.54) is 0 Å². The van der Waals surface area contributed by atoms with Gasteiger partial charge in [0.1, 0.15) is 5.82 Å². The van der Waals surface area contributed by atoms with Crippen molar-refractivity contribution in [2.24, 2.45) is 0 Å². The highest BCUT2D eigenvalue weighted by Crippen LogP contribution is 2.02. The average molecular weight is 277 g/mol. The molecule has 1 aromatic heterocycles. The minimum Gasteiger partial charge on any atom is -0.383 e. The summed E-state index contributed by atoms with van der Waals surface area (Å²) in [7, 11) is 0. The number of hydrogen-bond donors (Lipinski definition) is 2. The van der Waals surface area contributed by atoms with Gasteiger partial charge in [-0.25, -0.2) is 4.98 Å². The molecule has 0 saturated heterocycles. The molecular formula is C5H7AlIN4. The predicted octanol–water partition coefficient (Wildman–Crippen LogP) is 0.198. The van der Waals surface area contributed by atoms with Crippen LogP contribution in [-0.4, -0.2) is 25.2 Å². The SMILES string of the molecule is [CH3][Al][c]1ncc(NI)nc1N. The fraction of sp³-hybridized carbons (Fsp3) is 0.200. The number of nitrogens with zero attached hydrogens (tertiary/aromatic N) is 2. The molecule has 11 heavy (non-hydrogen) atoms. The van der Waals surface area contributed by atoms with Crippen molar-refractivity contribution in [2.75, 3.05) is 9.26 Å². The van der Waals surface area contributed by atoms with E-state index in [0.29, 0.717) is 11.6 Å². The first-order chi connectivity index (χ1) is 5.27. The van der Waals surface area contributed by atoms with Gasteiger partial charge in [-0.15, -0.1) is 5.79 Å². The van der Waals surface area contributed by atoms with E-state index in [2.05, 4.69) is 19.3 Å². The molecule has 0 amide bonds. The number of rotatable bonds is 2. The van der Waals surface area contributed by atoms with Gasteiger partial charge in [-0.1, -0.05) is 0 Å². The minimum absolute atomic E-state index is 0.154. The van der Waals surface area contributed by atoms with Crippen molar-refractivity contribution >= 4 is 54.3 Å². The van der Waals surface area contributed by atoms with E-state index in [-0.39, 0.29) is 15.2 Å². The maximum atomic E-state index is 5.61. The summed E-state index contributed by atoms with van der Waals surface area (Å²) < 4.78 is 3.78. The van der Waals surface area contributed by atoms with Crippen LogP contribution in [0.4, 0.5) is 11.6 Å². The Labute approximate surface area is 85.2 Å². The fourth-order valence-electron chi connectivity index (χ4n) is 0.681. The van der Waals surface area contributed by atoms with Gasteiger partial charge in [0.05, 0.1) is 29.1 Å². The van der Waals surface area contributed by atoms with Crippen LogP contribution in [0.5, 0.6) is 0 Å². The Kier molecular flexibility index (Phi) is 3.36. The standard InChI is InChI=1S/C4H4IN4.CH3.Al/c5-9-4-2-7-1-3(6)8-4;;/h2H,(H3,6,8,9);1H3;. The second-order valence-corrected chi connectivity index (χ2v) is 3.57. The summed E-state index contributed by atoms with van der Waals surface area (Å²) in [6, 6.07) is 0. The molecule has 4 nitrogen and oxygen atoms in total. The van der Waals surface area contributed by atoms with Gasteiger partial charge < -0.3 is 9.26 Å². The number of aromatic nitrogens is 2. The molecular weight excluding hydrogens is 270 g/mol. The number of nitrogens with two attached hydrogens (primary N) is 1. The topological polar surface area (TPSA) is 63.8 Å². The Morgan fingerprint density at radius 3 is 2.91 bits per heavy atom. The highest BCUT2D eigenvalue weighted by Gasteiger charge is 2.00. The molecule has 0 bridgehead atoms. The second kappa shape index (κ2) is 4.09. The summed E-state index contributed by atoms with van der Waals surface area (Å²) in [6.07, 6.45) is 1.69. The molecule has 0 atom stereocenters. The first kappa shape index (κ1) is 9.03. The van der Waals surface area contributed by atoms with Crippen LogP contribution in [0.1, 0.15) is 0 Å². The lowest BCUT2D eigenvalue weighted by Crippen LogP contribution is -2.21. The number of nitrogens with one attached hydrogen (secondary N) is 1. The van der Waals surface area contributed by atoms with Gasteiger partial charge in [0.25, 0.3) is 15.2 Å². The molecule has 0 saturated carbocycles. The molecule has 1 heterocycles. The molecule has 1 rings (SSSR count). The summed E-state index contributed by atoms with van der Waals surface area (Å²) in [5.74, 6) is 3.33. The monoisotopic (exact) mass is 277 g/mol. The van der Waals surface area contributed by atoms with Crippen LogP contribution < -0.4 is 13.8 Å². The van der Waals surface area contributed by atoms with Crippen molar-refractivity contribution in [1.29, 1.82) is 0 Å². The molecule has 1 radical (unpaired) electrons. The number of halogens is 1. The van der Waals surface area contributed by atoms with E-state index in [0.717, 1.165) is 4.56 Å². The van der Waals surface area contributed by atoms with Crippen molar-refractivity contribution < 1.29 is 0 Å². The molecule has 57 valence electrons. The van der Waals surface area contributed by atoms with Crippen molar-refractivity contribution in [3.63, 3.8) is 0 Å². The average Bonchev–Trinajstić information content (AvgIpc) is 2.04. The van der Waals surface area contributed by atoms with E-state index in [4.69, 9.17) is 5.73 Å². The third-order valence-corrected chi connectivity index (χ3v) is 2.74. The zero-order chi connectivity index (χ0) is 8.27. The third kappa shape index (κ3) is 2.19. The largest absolute Gasteiger partial charge is 0.383 e. The summed E-state index contributed by atoms with van der Waals surface area (Å²) in [5.41, 5.74) is 5.61. The summed E-state index contributed by atoms with van der Waals surface area (Å²) in [5, 5.41) is 0. The maximum absolute atomic E-state index is 5.61. The van der Waals surface area contributed by atoms with Gasteiger partial charge >= 0.3 is 0 Å². The van der Waals surface area contributed by atoms with E-state index in [1.54, 1.807) is 6.20 Å². The van der Waals surface area contributed by atoms with Crippen molar-refractivity contribution in [2.45, 2.75) is 5.79 Å². The highest BCUT2D eigenvalue weighted by molar-refractivity contribution is 14.1. The molecule has 0 fully saturated rings. The van der Waals surface area contributed by atoms with Gasteiger partial charge in [-0.2, -0.15) is 0 Å². The van der Waals surface area contributed by atoms with E-state index in [9.17, 15) is 0 Å². The molecule has 0 aliphatic carbocycles. The van der Waals surface area contributed by atoms with E-state index < -0.39 is 0 Å². The quantitative estimate of drug-likeness (QED) is 0.460. The molecule has 0 unspecified atom stereocenters. The first-order valence-electron chi connectivity index (χ1n) is 3.06. The lowest BCUT2D eigenvalue weighted by Gasteiger charge is -2.02. The molecule has 1 aromatic rings. The number of anilines is 2. The van der Waals surface area contributed by atoms with E-state index >= 15 is 0 Å². The van der Waals surface area contributed by atoms with Crippen LogP contribution in [0.25, 0.3) is 0 Å². The summed E-state index contributed by atoms with van der Waals surface area (Å²) >= 11 is 2.15. The minimum atomic E-state index is 0.154. The van der Waals surface area contributed by atoms with Crippen LogP contribution >= 0.6 is 22.9 Å². The zero-order valence-electron chi connectivity index (χ0n) is 6.00. The van der Waals surface area contributed by atoms with Crippen molar-refractivity contribution in [3.05, 3.63) is 6.20 Å². The van der Waals surface area contributed by atoms with Crippen LogP contribution in [0.2, 0.25) is 5.79 Å². The Morgan fingerprint density at radius 2 is 2.45 bits per heavy atom. The van der Waals surface area contributed by atoms with Crippen LogP contribution in [0.3, 0.4) is 0 Å². The summed E-state index contributed by atoms with van der Waals surface area (Å²) in [6.45, 7) is 0. The molecule has 0 spiro atoms. The molecule has 0 aliphatic heterocycles. The van der Waals surface area contributed by atoms with E-state index in [1.807, 2.05) is 22.9 Å². The Bertz CT molecular complexity index is 254. The third-order valence-electron chi connectivity index (χ3n) is 1.20. The zero-order valence-corrected chi connectivity index (χ0v) is 9.32. The summed E-state index contributed by atoms with van der Waals surface area (Å²) in [4.78, 5) is 8.23. The smallest absolute Gasteiger partial charge is 0.285 e. The molecule has 6 heteroatoms. The van der Waals surface area contributed by atoms with Crippen LogP contribution in [-0.2, 0) is 0 Å². The first-order valence-corrected chi connectivity index (χ1v) is 5.87. The van der Waals surface area contributed by atoms with Gasteiger partial charge in [-0.3, -0.25) is 4.98 Å². The molecule has 3 N–H and O–H groups in total.